The van der Waals surface area contributed by atoms with Crippen LogP contribution in [0.25, 0.3) is 0 Å². The van der Waals surface area contributed by atoms with Gasteiger partial charge in [-0.15, -0.1) is 0 Å². The second kappa shape index (κ2) is 6.55. The van der Waals surface area contributed by atoms with E-state index in [0.717, 1.165) is 24.9 Å². The van der Waals surface area contributed by atoms with Gasteiger partial charge < -0.3 is 10.6 Å². The molecule has 1 heterocycles. The van der Waals surface area contributed by atoms with Crippen LogP contribution in [0.3, 0.4) is 0 Å². The van der Waals surface area contributed by atoms with Gasteiger partial charge in [0.25, 0.3) is 0 Å². The van der Waals surface area contributed by atoms with Crippen molar-refractivity contribution in [3.63, 3.8) is 0 Å². The highest BCUT2D eigenvalue weighted by atomic mass is 32.2. The van der Waals surface area contributed by atoms with Gasteiger partial charge in [0.05, 0.1) is 10.9 Å². The van der Waals surface area contributed by atoms with E-state index in [-0.39, 0.29) is 16.8 Å². The molecule has 6 nitrogen and oxygen atoms in total. The number of sulfonamides is 1. The summed E-state index contributed by atoms with van der Waals surface area (Å²) in [6, 6.07) is 6.04. The monoisotopic (exact) mass is 311 g/mol. The van der Waals surface area contributed by atoms with E-state index in [1.165, 1.54) is 12.1 Å². The zero-order chi connectivity index (χ0) is 15.5. The Hall–Kier alpha value is -1.44. The van der Waals surface area contributed by atoms with E-state index in [1.807, 2.05) is 0 Å². The Labute approximate surface area is 125 Å². The maximum Gasteiger partial charge on any atom is 0.238 e. The maximum absolute atomic E-state index is 12.1. The molecule has 1 aliphatic heterocycles. The van der Waals surface area contributed by atoms with E-state index in [2.05, 4.69) is 17.6 Å². The number of hydrogen-bond acceptors (Lipinski definition) is 4. The minimum absolute atomic E-state index is 0.0160. The van der Waals surface area contributed by atoms with Crippen LogP contribution in [0, 0.1) is 5.92 Å². The normalized spacial score (nSPS) is 22.8. The van der Waals surface area contributed by atoms with Crippen LogP contribution in [0.5, 0.6) is 0 Å². The summed E-state index contributed by atoms with van der Waals surface area (Å²) in [5.41, 5.74) is 0.833. The number of primary sulfonamides is 1. The Morgan fingerprint density at radius 1 is 1.38 bits per heavy atom. The van der Waals surface area contributed by atoms with E-state index in [1.54, 1.807) is 12.1 Å². The lowest BCUT2D eigenvalue weighted by Gasteiger charge is -2.28. The van der Waals surface area contributed by atoms with Crippen molar-refractivity contribution < 1.29 is 13.2 Å². The molecule has 116 valence electrons. The lowest BCUT2D eigenvalue weighted by atomic mass is 9.92. The van der Waals surface area contributed by atoms with Crippen LogP contribution in [0.2, 0.25) is 0 Å². The summed E-state index contributed by atoms with van der Waals surface area (Å²) in [6.07, 6.45) is 2.15. The molecule has 0 bridgehead atoms. The molecule has 0 aliphatic carbocycles. The smallest absolute Gasteiger partial charge is 0.238 e. The molecule has 0 radical (unpaired) electrons. The number of amides is 1. The van der Waals surface area contributed by atoms with Crippen LogP contribution in [0.1, 0.15) is 25.3 Å². The minimum atomic E-state index is -3.67. The van der Waals surface area contributed by atoms with Gasteiger partial charge in [0, 0.05) is 6.54 Å². The first-order chi connectivity index (χ1) is 9.88. The van der Waals surface area contributed by atoms with Crippen LogP contribution in [0.15, 0.2) is 29.2 Å². The van der Waals surface area contributed by atoms with Crippen molar-refractivity contribution in [1.82, 2.24) is 10.6 Å². The first-order valence-corrected chi connectivity index (χ1v) is 8.55. The van der Waals surface area contributed by atoms with Gasteiger partial charge in [-0.3, -0.25) is 4.79 Å². The lowest BCUT2D eigenvalue weighted by Crippen LogP contribution is -2.50. The second-order valence-electron chi connectivity index (χ2n) is 5.46. The van der Waals surface area contributed by atoms with Crippen LogP contribution >= 0.6 is 0 Å². The largest absolute Gasteiger partial charge is 0.351 e. The third-order valence-corrected chi connectivity index (χ3v) is 4.70. The Bertz CT molecular complexity index is 598. The fourth-order valence-corrected chi connectivity index (χ4v) is 3.01. The van der Waals surface area contributed by atoms with Crippen LogP contribution in [-0.4, -0.2) is 26.9 Å². The molecule has 2 rings (SSSR count). The topological polar surface area (TPSA) is 101 Å². The van der Waals surface area contributed by atoms with E-state index >= 15 is 0 Å². The van der Waals surface area contributed by atoms with Gasteiger partial charge >= 0.3 is 0 Å². The van der Waals surface area contributed by atoms with Crippen molar-refractivity contribution in [3.05, 3.63) is 29.8 Å². The number of nitrogens with two attached hydrogens (primary N) is 1. The summed E-state index contributed by atoms with van der Waals surface area (Å²) in [5.74, 6) is 0.307. The molecule has 1 aliphatic rings. The Kier molecular flexibility index (Phi) is 4.97. The van der Waals surface area contributed by atoms with Gasteiger partial charge in [-0.2, -0.15) is 0 Å². The van der Waals surface area contributed by atoms with Crippen LogP contribution in [0.4, 0.5) is 0 Å². The molecule has 1 aromatic carbocycles. The molecule has 1 aromatic rings. The number of nitrogens with one attached hydrogen (secondary N) is 2. The summed E-state index contributed by atoms with van der Waals surface area (Å²) < 4.78 is 22.3. The molecule has 1 amide bonds. The lowest BCUT2D eigenvalue weighted by molar-refractivity contribution is -0.125. The summed E-state index contributed by atoms with van der Waals surface area (Å²) in [7, 11) is -3.67. The molecule has 1 fully saturated rings. The van der Waals surface area contributed by atoms with Crippen LogP contribution < -0.4 is 15.8 Å². The van der Waals surface area contributed by atoms with E-state index in [4.69, 9.17) is 5.14 Å². The average Bonchev–Trinajstić information content (AvgIpc) is 2.45. The van der Waals surface area contributed by atoms with Crippen molar-refractivity contribution in [2.75, 3.05) is 6.54 Å². The van der Waals surface area contributed by atoms with Crippen molar-refractivity contribution in [2.24, 2.45) is 11.1 Å². The first-order valence-electron chi connectivity index (χ1n) is 7.01. The maximum atomic E-state index is 12.1. The van der Waals surface area contributed by atoms with E-state index < -0.39 is 10.0 Å². The predicted octanol–water partition coefficient (Wildman–Crippen LogP) is 0.338. The zero-order valence-corrected chi connectivity index (χ0v) is 12.8. The average molecular weight is 311 g/mol. The van der Waals surface area contributed by atoms with Gasteiger partial charge in [0.1, 0.15) is 0 Å². The molecule has 0 saturated carbocycles. The number of piperidine rings is 1. The fourth-order valence-electron chi connectivity index (χ4n) is 2.50. The molecule has 1 saturated heterocycles. The summed E-state index contributed by atoms with van der Waals surface area (Å²) in [5, 5.41) is 11.1. The predicted molar refractivity (Wildman–Crippen MR) is 79.9 cm³/mol. The van der Waals surface area contributed by atoms with E-state index in [9.17, 15) is 13.2 Å². The summed E-state index contributed by atoms with van der Waals surface area (Å²) in [4.78, 5) is 12.2. The molecule has 0 spiro atoms. The third-order valence-electron chi connectivity index (χ3n) is 3.77. The third kappa shape index (κ3) is 4.26. The van der Waals surface area contributed by atoms with Crippen molar-refractivity contribution in [1.29, 1.82) is 0 Å². The Morgan fingerprint density at radius 2 is 2.05 bits per heavy atom. The quantitative estimate of drug-likeness (QED) is 0.746. The molecular weight excluding hydrogens is 290 g/mol. The van der Waals surface area contributed by atoms with Gasteiger partial charge in [-0.1, -0.05) is 19.1 Å². The second-order valence-corrected chi connectivity index (χ2v) is 7.02. The molecule has 2 atom stereocenters. The Balaban J connectivity index is 1.92. The van der Waals surface area contributed by atoms with Crippen molar-refractivity contribution in [3.8, 4) is 0 Å². The Morgan fingerprint density at radius 3 is 2.62 bits per heavy atom. The van der Waals surface area contributed by atoms with Crippen molar-refractivity contribution >= 4 is 15.9 Å². The molecule has 2 unspecified atom stereocenters. The molecular formula is C14H21N3O3S. The molecule has 0 aromatic heterocycles. The number of hydrogen-bond donors (Lipinski definition) is 3. The van der Waals surface area contributed by atoms with Crippen LogP contribution in [-0.2, 0) is 21.4 Å². The van der Waals surface area contributed by atoms with Gasteiger partial charge in [0.2, 0.25) is 15.9 Å². The number of carbonyl (C=O) groups excluding carboxylic acids is 1. The fraction of sp³-hybridized carbons (Fsp3) is 0.500. The highest BCUT2D eigenvalue weighted by Gasteiger charge is 2.26. The number of benzene rings is 1. The van der Waals surface area contributed by atoms with Gasteiger partial charge in [-0.05, 0) is 43.0 Å². The molecule has 21 heavy (non-hydrogen) atoms. The molecule has 7 heteroatoms. The highest BCUT2D eigenvalue weighted by molar-refractivity contribution is 7.89. The van der Waals surface area contributed by atoms with E-state index in [0.29, 0.717) is 12.5 Å². The SMILES string of the molecule is CC1CCCNC1C(=O)NCc1ccc(S(N)(=O)=O)cc1. The first kappa shape index (κ1) is 15.9. The van der Waals surface area contributed by atoms with Crippen molar-refractivity contribution in [2.45, 2.75) is 37.2 Å². The zero-order valence-electron chi connectivity index (χ0n) is 12.0. The highest BCUT2D eigenvalue weighted by Crippen LogP contribution is 2.15. The number of rotatable bonds is 4. The standard InChI is InChI=1S/C14H21N3O3S/c1-10-3-2-8-16-13(10)14(18)17-9-11-4-6-12(7-5-11)21(15,19)20/h4-7,10,13,16H,2-3,8-9H2,1H3,(H,17,18)(H2,15,19,20). The summed E-state index contributed by atoms with van der Waals surface area (Å²) in [6.45, 7) is 3.30. The van der Waals surface area contributed by atoms with Gasteiger partial charge in [0.15, 0.2) is 0 Å². The van der Waals surface area contributed by atoms with Gasteiger partial charge in [-0.25, -0.2) is 13.6 Å². The number of carbonyl (C=O) groups is 1. The minimum Gasteiger partial charge on any atom is -0.351 e. The molecule has 4 N–H and O–H groups in total. The summed E-state index contributed by atoms with van der Waals surface area (Å²) >= 11 is 0.